The molecular weight excluding hydrogens is 719 g/mol. The van der Waals surface area contributed by atoms with E-state index in [2.05, 4.69) is 18.4 Å². The maximum atomic E-state index is 12.6. The van der Waals surface area contributed by atoms with E-state index < -0.39 is 51.8 Å². The summed E-state index contributed by atoms with van der Waals surface area (Å²) in [7, 11) is -4.61. The van der Waals surface area contributed by atoms with Gasteiger partial charge in [0, 0.05) is 12.8 Å². The molecule has 0 aromatic rings. The first-order valence-electron chi connectivity index (χ1n) is 23.0. The molecule has 0 bridgehead atoms. The molecule has 0 rings (SSSR count). The fraction of sp³-hybridized carbons (Fsp3) is 0.955. The third-order valence-electron chi connectivity index (χ3n) is 10.3. The zero-order valence-electron chi connectivity index (χ0n) is 35.7. The minimum Gasteiger partial charge on any atom is -0.462 e. The SMILES string of the molecule is CCCCCCCCCCCCCCCCCCCCCCCCCC(=O)O[C@H](COC(=O)CCCCCCCCCCC)COP(=O)(O)OC[C@@H](O)CO. The van der Waals surface area contributed by atoms with Gasteiger partial charge in [-0.15, -0.1) is 0 Å². The first-order valence-corrected chi connectivity index (χ1v) is 24.5. The van der Waals surface area contributed by atoms with Gasteiger partial charge < -0.3 is 24.6 Å². The van der Waals surface area contributed by atoms with Crippen LogP contribution in [0.5, 0.6) is 0 Å². The van der Waals surface area contributed by atoms with E-state index in [1.54, 1.807) is 0 Å². The lowest BCUT2D eigenvalue weighted by molar-refractivity contribution is -0.161. The van der Waals surface area contributed by atoms with E-state index in [0.717, 1.165) is 38.5 Å². The van der Waals surface area contributed by atoms with Crippen molar-refractivity contribution >= 4 is 19.8 Å². The number of aliphatic hydroxyl groups is 2. The molecule has 3 atom stereocenters. The largest absolute Gasteiger partial charge is 0.472 e. The third-order valence-corrected chi connectivity index (χ3v) is 11.2. The fourth-order valence-corrected chi connectivity index (χ4v) is 7.49. The predicted octanol–water partition coefficient (Wildman–Crippen LogP) is 12.2. The number of ether oxygens (including phenoxy) is 2. The van der Waals surface area contributed by atoms with Gasteiger partial charge in [0.2, 0.25) is 0 Å². The van der Waals surface area contributed by atoms with Crippen LogP contribution in [0.25, 0.3) is 0 Å². The highest BCUT2D eigenvalue weighted by Crippen LogP contribution is 2.43. The highest BCUT2D eigenvalue weighted by atomic mass is 31.2. The Morgan fingerprint density at radius 3 is 1.13 bits per heavy atom. The number of phosphoric acid groups is 1. The minimum absolute atomic E-state index is 0.193. The number of rotatable bonds is 44. The Bertz CT molecular complexity index is 889. The molecule has 0 aromatic heterocycles. The smallest absolute Gasteiger partial charge is 0.462 e. The van der Waals surface area contributed by atoms with Gasteiger partial charge in [-0.1, -0.05) is 206 Å². The molecule has 0 aromatic carbocycles. The van der Waals surface area contributed by atoms with Gasteiger partial charge in [0.1, 0.15) is 12.7 Å². The number of unbranched alkanes of at least 4 members (excludes halogenated alkanes) is 30. The average Bonchev–Trinajstić information content (AvgIpc) is 3.17. The molecule has 0 fully saturated rings. The van der Waals surface area contributed by atoms with E-state index in [9.17, 15) is 24.2 Å². The quantitative estimate of drug-likeness (QED) is 0.0308. The summed E-state index contributed by atoms with van der Waals surface area (Å²) in [5.74, 6) is -0.912. The van der Waals surface area contributed by atoms with Crippen LogP contribution in [0.15, 0.2) is 0 Å². The Kier molecular flexibility index (Phi) is 40.4. The molecule has 3 N–H and O–H groups in total. The van der Waals surface area contributed by atoms with Crippen LogP contribution in [0, 0.1) is 0 Å². The van der Waals surface area contributed by atoms with Crippen molar-refractivity contribution in [3.63, 3.8) is 0 Å². The molecule has 0 spiro atoms. The summed E-state index contributed by atoms with van der Waals surface area (Å²) >= 11 is 0. The molecule has 55 heavy (non-hydrogen) atoms. The lowest BCUT2D eigenvalue weighted by atomic mass is 10.0. The zero-order valence-corrected chi connectivity index (χ0v) is 36.6. The van der Waals surface area contributed by atoms with Gasteiger partial charge >= 0.3 is 19.8 Å². The van der Waals surface area contributed by atoms with Gasteiger partial charge in [0.15, 0.2) is 6.10 Å². The molecule has 328 valence electrons. The van der Waals surface area contributed by atoms with Crippen LogP contribution in [0.4, 0.5) is 0 Å². The van der Waals surface area contributed by atoms with E-state index in [4.69, 9.17) is 19.1 Å². The molecule has 0 aliphatic carbocycles. The second-order valence-electron chi connectivity index (χ2n) is 15.8. The summed E-state index contributed by atoms with van der Waals surface area (Å²) in [4.78, 5) is 34.9. The number of aliphatic hydroxyl groups excluding tert-OH is 2. The van der Waals surface area contributed by atoms with Crippen LogP contribution in [0.2, 0.25) is 0 Å². The standard InChI is InChI=1S/C44H87O10P/c1-3-5-7-9-11-13-14-15-16-17-18-19-20-21-22-23-24-25-26-28-30-32-34-36-44(48)54-42(40-53-55(49,50)52-38-41(46)37-45)39-51-43(47)35-33-31-29-27-12-10-8-6-4-2/h41-42,45-46H,3-40H2,1-2H3,(H,49,50)/t41-,42+/m0/s1. The topological polar surface area (TPSA) is 149 Å². The van der Waals surface area contributed by atoms with Crippen LogP contribution >= 0.6 is 7.82 Å². The molecule has 0 radical (unpaired) electrons. The number of hydrogen-bond donors (Lipinski definition) is 3. The first-order chi connectivity index (χ1) is 26.7. The number of esters is 2. The number of phosphoric ester groups is 1. The molecule has 1 unspecified atom stereocenters. The molecule has 0 aliphatic heterocycles. The van der Waals surface area contributed by atoms with Crippen LogP contribution in [-0.2, 0) is 32.7 Å². The summed E-state index contributed by atoms with van der Waals surface area (Å²) in [6.07, 6.45) is 38.1. The van der Waals surface area contributed by atoms with Crippen LogP contribution < -0.4 is 0 Å². The van der Waals surface area contributed by atoms with E-state index in [1.165, 1.54) is 154 Å². The predicted molar refractivity (Wildman–Crippen MR) is 224 cm³/mol. The van der Waals surface area contributed by atoms with Gasteiger partial charge in [-0.25, -0.2) is 4.57 Å². The molecule has 10 nitrogen and oxygen atoms in total. The number of carbonyl (C=O) groups is 2. The van der Waals surface area contributed by atoms with Gasteiger partial charge in [-0.2, -0.15) is 0 Å². The maximum absolute atomic E-state index is 12.6. The van der Waals surface area contributed by atoms with Crippen molar-refractivity contribution in [1.29, 1.82) is 0 Å². The molecular formula is C44H87O10P. The Morgan fingerprint density at radius 1 is 0.473 bits per heavy atom. The summed E-state index contributed by atoms with van der Waals surface area (Å²) in [5, 5.41) is 18.3. The molecule has 0 amide bonds. The molecule has 0 aliphatic rings. The Labute approximate surface area is 337 Å². The highest BCUT2D eigenvalue weighted by Gasteiger charge is 2.27. The van der Waals surface area contributed by atoms with E-state index in [1.807, 2.05) is 0 Å². The molecule has 0 heterocycles. The minimum atomic E-state index is -4.61. The van der Waals surface area contributed by atoms with Crippen molar-refractivity contribution in [1.82, 2.24) is 0 Å². The first kappa shape index (κ1) is 54.0. The van der Waals surface area contributed by atoms with E-state index in [0.29, 0.717) is 12.8 Å². The molecule has 11 heteroatoms. The average molecular weight is 807 g/mol. The monoisotopic (exact) mass is 807 g/mol. The van der Waals surface area contributed by atoms with E-state index in [-0.39, 0.29) is 19.4 Å². The second-order valence-corrected chi connectivity index (χ2v) is 17.3. The summed E-state index contributed by atoms with van der Waals surface area (Å²) < 4.78 is 32.7. The van der Waals surface area contributed by atoms with Gasteiger partial charge in [0.25, 0.3) is 0 Å². The van der Waals surface area contributed by atoms with E-state index >= 15 is 0 Å². The second kappa shape index (κ2) is 41.1. The summed E-state index contributed by atoms with van der Waals surface area (Å²) in [5.41, 5.74) is 0. The van der Waals surface area contributed by atoms with Gasteiger partial charge in [0.05, 0.1) is 19.8 Å². The van der Waals surface area contributed by atoms with Crippen LogP contribution in [-0.4, -0.2) is 65.7 Å². The van der Waals surface area contributed by atoms with Crippen molar-refractivity contribution < 1.29 is 47.8 Å². The van der Waals surface area contributed by atoms with Crippen LogP contribution in [0.3, 0.4) is 0 Å². The molecule has 0 saturated carbocycles. The fourth-order valence-electron chi connectivity index (χ4n) is 6.70. The van der Waals surface area contributed by atoms with Crippen molar-refractivity contribution in [2.75, 3.05) is 26.4 Å². The number of hydrogen-bond acceptors (Lipinski definition) is 9. The highest BCUT2D eigenvalue weighted by molar-refractivity contribution is 7.47. The van der Waals surface area contributed by atoms with Crippen molar-refractivity contribution in [2.45, 2.75) is 244 Å². The van der Waals surface area contributed by atoms with Gasteiger partial charge in [-0.3, -0.25) is 18.6 Å². The number of carbonyl (C=O) groups excluding carboxylic acids is 2. The Hall–Kier alpha value is -1.03. The summed E-state index contributed by atoms with van der Waals surface area (Å²) in [6, 6.07) is 0. The van der Waals surface area contributed by atoms with Gasteiger partial charge in [-0.05, 0) is 12.8 Å². The lowest BCUT2D eigenvalue weighted by Crippen LogP contribution is -2.29. The molecule has 0 saturated heterocycles. The Morgan fingerprint density at radius 2 is 0.782 bits per heavy atom. The van der Waals surface area contributed by atoms with Crippen molar-refractivity contribution in [2.24, 2.45) is 0 Å². The maximum Gasteiger partial charge on any atom is 0.472 e. The third kappa shape index (κ3) is 40.9. The normalized spacial score (nSPS) is 13.8. The van der Waals surface area contributed by atoms with Crippen LogP contribution in [0.1, 0.15) is 232 Å². The lowest BCUT2D eigenvalue weighted by Gasteiger charge is -2.20. The zero-order chi connectivity index (χ0) is 40.5. The van der Waals surface area contributed by atoms with Crippen molar-refractivity contribution in [3.8, 4) is 0 Å². The summed E-state index contributed by atoms with van der Waals surface area (Å²) in [6.45, 7) is 2.40. The Balaban J connectivity index is 4.07. The van der Waals surface area contributed by atoms with Crippen molar-refractivity contribution in [3.05, 3.63) is 0 Å².